The summed E-state index contributed by atoms with van der Waals surface area (Å²) in [6.07, 6.45) is -1.00. The van der Waals surface area contributed by atoms with Gasteiger partial charge in [0.15, 0.2) is 0 Å². The topological polar surface area (TPSA) is 87.8 Å². The van der Waals surface area contributed by atoms with Crippen LogP contribution >= 0.6 is 0 Å². The van der Waals surface area contributed by atoms with E-state index >= 15 is 0 Å². The van der Waals surface area contributed by atoms with Gasteiger partial charge in [0, 0.05) is 26.2 Å². The Bertz CT molecular complexity index is 213. The third kappa shape index (κ3) is 4.57. The molecular weight excluding hydrogens is 198 g/mol. The van der Waals surface area contributed by atoms with Crippen LogP contribution in [0.2, 0.25) is 0 Å². The number of carbonyl (C=O) groups excluding carboxylic acids is 1. The molecule has 6 heteroatoms. The fourth-order valence-corrected chi connectivity index (χ4v) is 1.47. The maximum absolute atomic E-state index is 10.5. The second-order valence-electron chi connectivity index (χ2n) is 3.83. The Morgan fingerprint density at radius 3 is 3.13 bits per heavy atom. The molecule has 4 N–H and O–H groups in total. The number of hydrogen-bond donors (Lipinski definition) is 3. The zero-order valence-electron chi connectivity index (χ0n) is 8.98. The van der Waals surface area contributed by atoms with E-state index in [1.54, 1.807) is 0 Å². The molecule has 88 valence electrons. The summed E-state index contributed by atoms with van der Waals surface area (Å²) in [7, 11) is 2.04. The first-order chi connectivity index (χ1) is 7.09. The molecule has 0 saturated carbocycles. The van der Waals surface area contributed by atoms with Crippen LogP contribution in [0.1, 0.15) is 0 Å². The molecule has 0 aromatic rings. The van der Waals surface area contributed by atoms with Gasteiger partial charge in [-0.25, -0.2) is 0 Å². The summed E-state index contributed by atoms with van der Waals surface area (Å²) in [6.45, 7) is 3.33. The second-order valence-corrected chi connectivity index (χ2v) is 3.83. The minimum atomic E-state index is -1.12. The molecule has 0 aromatic heterocycles. The molecule has 1 aliphatic rings. The summed E-state index contributed by atoms with van der Waals surface area (Å²) >= 11 is 0. The van der Waals surface area contributed by atoms with Gasteiger partial charge in [0.2, 0.25) is 5.91 Å². The number of primary amides is 1. The SMILES string of the molecule is CN1CCOC(CNCC(O)C(N)=O)C1. The first-order valence-electron chi connectivity index (χ1n) is 5.08. The van der Waals surface area contributed by atoms with Crippen molar-refractivity contribution in [1.29, 1.82) is 0 Å². The van der Waals surface area contributed by atoms with Crippen molar-refractivity contribution in [3.8, 4) is 0 Å². The maximum atomic E-state index is 10.5. The number of nitrogens with two attached hydrogens (primary N) is 1. The number of morpholine rings is 1. The number of nitrogens with zero attached hydrogens (tertiary/aromatic N) is 1. The molecule has 1 aliphatic heterocycles. The van der Waals surface area contributed by atoms with Gasteiger partial charge in [0.05, 0.1) is 12.7 Å². The van der Waals surface area contributed by atoms with Crippen LogP contribution in [0.25, 0.3) is 0 Å². The molecule has 2 atom stereocenters. The van der Waals surface area contributed by atoms with Gasteiger partial charge < -0.3 is 25.8 Å². The van der Waals surface area contributed by atoms with Gasteiger partial charge in [0.1, 0.15) is 6.10 Å². The van der Waals surface area contributed by atoms with Crippen LogP contribution in [-0.4, -0.2) is 68.0 Å². The predicted octanol–water partition coefficient (Wildman–Crippen LogP) is -2.25. The van der Waals surface area contributed by atoms with E-state index in [4.69, 9.17) is 15.6 Å². The Morgan fingerprint density at radius 1 is 1.80 bits per heavy atom. The van der Waals surface area contributed by atoms with E-state index in [9.17, 15) is 4.79 Å². The third-order valence-corrected chi connectivity index (χ3v) is 2.38. The maximum Gasteiger partial charge on any atom is 0.247 e. The van der Waals surface area contributed by atoms with Crippen molar-refractivity contribution in [3.05, 3.63) is 0 Å². The molecular formula is C9H19N3O3. The van der Waals surface area contributed by atoms with Crippen molar-refractivity contribution >= 4 is 5.91 Å². The van der Waals surface area contributed by atoms with Crippen molar-refractivity contribution < 1.29 is 14.6 Å². The number of aliphatic hydroxyl groups is 1. The molecule has 0 spiro atoms. The van der Waals surface area contributed by atoms with E-state index in [0.717, 1.165) is 19.7 Å². The molecule has 2 unspecified atom stereocenters. The highest BCUT2D eigenvalue weighted by Gasteiger charge is 2.18. The molecule has 6 nitrogen and oxygen atoms in total. The van der Waals surface area contributed by atoms with E-state index in [-0.39, 0.29) is 12.6 Å². The largest absolute Gasteiger partial charge is 0.382 e. The van der Waals surface area contributed by atoms with Crippen LogP contribution in [0.4, 0.5) is 0 Å². The Kier molecular flexibility index (Phi) is 4.97. The highest BCUT2D eigenvalue weighted by molar-refractivity contribution is 5.78. The number of likely N-dealkylation sites (N-methyl/N-ethyl adjacent to an activating group) is 1. The molecule has 1 fully saturated rings. The highest BCUT2D eigenvalue weighted by atomic mass is 16.5. The van der Waals surface area contributed by atoms with Crippen LogP contribution in [0.5, 0.6) is 0 Å². The average molecular weight is 217 g/mol. The first kappa shape index (κ1) is 12.4. The zero-order valence-corrected chi connectivity index (χ0v) is 8.98. The molecule has 1 rings (SSSR count). The summed E-state index contributed by atoms with van der Waals surface area (Å²) in [5.74, 6) is -0.704. The van der Waals surface area contributed by atoms with E-state index in [2.05, 4.69) is 10.2 Å². The van der Waals surface area contributed by atoms with Crippen LogP contribution in [0.15, 0.2) is 0 Å². The summed E-state index contributed by atoms with van der Waals surface area (Å²) < 4.78 is 5.49. The number of carbonyl (C=O) groups is 1. The van der Waals surface area contributed by atoms with Crippen LogP contribution in [0, 0.1) is 0 Å². The highest BCUT2D eigenvalue weighted by Crippen LogP contribution is 2.01. The lowest BCUT2D eigenvalue weighted by Crippen LogP contribution is -2.47. The molecule has 0 aromatic carbocycles. The monoisotopic (exact) mass is 217 g/mol. The number of rotatable bonds is 5. The van der Waals surface area contributed by atoms with Gasteiger partial charge in [-0.2, -0.15) is 0 Å². The van der Waals surface area contributed by atoms with Crippen LogP contribution < -0.4 is 11.1 Å². The molecule has 0 bridgehead atoms. The van der Waals surface area contributed by atoms with Crippen molar-refractivity contribution in [2.75, 3.05) is 39.8 Å². The number of aliphatic hydroxyl groups excluding tert-OH is 1. The molecule has 1 amide bonds. The number of amides is 1. The first-order valence-corrected chi connectivity index (χ1v) is 5.08. The lowest BCUT2D eigenvalue weighted by atomic mass is 10.2. The van der Waals surface area contributed by atoms with E-state index in [1.807, 2.05) is 7.05 Å². The Balaban J connectivity index is 2.11. The Morgan fingerprint density at radius 2 is 2.53 bits per heavy atom. The summed E-state index contributed by atoms with van der Waals surface area (Å²) in [5.41, 5.74) is 4.91. The number of hydrogen-bond acceptors (Lipinski definition) is 5. The third-order valence-electron chi connectivity index (χ3n) is 2.38. The number of nitrogens with one attached hydrogen (secondary N) is 1. The molecule has 0 radical (unpaired) electrons. The molecule has 15 heavy (non-hydrogen) atoms. The fourth-order valence-electron chi connectivity index (χ4n) is 1.47. The normalized spacial score (nSPS) is 25.1. The van der Waals surface area contributed by atoms with Gasteiger partial charge in [-0.15, -0.1) is 0 Å². The van der Waals surface area contributed by atoms with Crippen molar-refractivity contribution in [3.63, 3.8) is 0 Å². The number of ether oxygens (including phenoxy) is 1. The summed E-state index contributed by atoms with van der Waals surface area (Å²) in [5, 5.41) is 12.1. The Hall–Kier alpha value is -0.690. The molecule has 1 saturated heterocycles. The second kappa shape index (κ2) is 6.02. The van der Waals surface area contributed by atoms with Crippen molar-refractivity contribution in [2.45, 2.75) is 12.2 Å². The fraction of sp³-hybridized carbons (Fsp3) is 0.889. The lowest BCUT2D eigenvalue weighted by molar-refractivity contribution is -0.125. The summed E-state index contributed by atoms with van der Waals surface area (Å²) in [6, 6.07) is 0. The summed E-state index contributed by atoms with van der Waals surface area (Å²) in [4.78, 5) is 12.7. The lowest BCUT2D eigenvalue weighted by Gasteiger charge is -2.30. The van der Waals surface area contributed by atoms with Gasteiger partial charge in [-0.05, 0) is 7.05 Å². The Labute approximate surface area is 89.4 Å². The average Bonchev–Trinajstić information content (AvgIpc) is 2.17. The van der Waals surface area contributed by atoms with Gasteiger partial charge in [0.25, 0.3) is 0 Å². The van der Waals surface area contributed by atoms with Crippen molar-refractivity contribution in [1.82, 2.24) is 10.2 Å². The van der Waals surface area contributed by atoms with Crippen LogP contribution in [-0.2, 0) is 9.53 Å². The smallest absolute Gasteiger partial charge is 0.247 e. The van der Waals surface area contributed by atoms with Crippen LogP contribution in [0.3, 0.4) is 0 Å². The van der Waals surface area contributed by atoms with Crippen molar-refractivity contribution in [2.24, 2.45) is 5.73 Å². The van der Waals surface area contributed by atoms with Gasteiger partial charge in [-0.3, -0.25) is 4.79 Å². The minimum absolute atomic E-state index is 0.115. The van der Waals surface area contributed by atoms with E-state index in [1.165, 1.54) is 0 Å². The standard InChI is InChI=1S/C9H19N3O3/c1-12-2-3-15-7(6-12)4-11-5-8(13)9(10)14/h7-8,11,13H,2-6H2,1H3,(H2,10,14). The van der Waals surface area contributed by atoms with E-state index < -0.39 is 12.0 Å². The van der Waals surface area contributed by atoms with E-state index in [0.29, 0.717) is 6.54 Å². The minimum Gasteiger partial charge on any atom is -0.382 e. The predicted molar refractivity (Wildman–Crippen MR) is 55.3 cm³/mol. The molecule has 1 heterocycles. The quantitative estimate of drug-likeness (QED) is 0.484. The van der Waals surface area contributed by atoms with Gasteiger partial charge >= 0.3 is 0 Å². The molecule has 0 aliphatic carbocycles. The van der Waals surface area contributed by atoms with Gasteiger partial charge in [-0.1, -0.05) is 0 Å². The zero-order chi connectivity index (χ0) is 11.3.